The largest absolute Gasteiger partial charge is 0.507 e. The summed E-state index contributed by atoms with van der Waals surface area (Å²) in [4.78, 5) is 12.0. The number of rotatable bonds is 2. The summed E-state index contributed by atoms with van der Waals surface area (Å²) in [5, 5.41) is 9.92. The molecular formula is C14H16O3. The van der Waals surface area contributed by atoms with Crippen LogP contribution < -0.4 is 4.74 Å². The molecule has 1 fully saturated rings. The van der Waals surface area contributed by atoms with E-state index < -0.39 is 0 Å². The van der Waals surface area contributed by atoms with Gasteiger partial charge in [-0.25, -0.2) is 0 Å². The maximum Gasteiger partial charge on any atom is 0.174 e. The SMILES string of the molecule is CCCc1cc(O)c2c(c1)OC1(CC1)CC2=O. The Labute approximate surface area is 100 Å². The number of carbonyl (C=O) groups is 1. The van der Waals surface area contributed by atoms with Crippen molar-refractivity contribution in [3.05, 3.63) is 23.3 Å². The highest BCUT2D eigenvalue weighted by molar-refractivity contribution is 6.03. The summed E-state index contributed by atoms with van der Waals surface area (Å²) in [6, 6.07) is 3.60. The van der Waals surface area contributed by atoms with Crippen molar-refractivity contribution in [2.24, 2.45) is 0 Å². The molecule has 0 amide bonds. The van der Waals surface area contributed by atoms with Crippen molar-refractivity contribution >= 4 is 5.78 Å². The Morgan fingerprint density at radius 2 is 2.18 bits per heavy atom. The van der Waals surface area contributed by atoms with E-state index >= 15 is 0 Å². The van der Waals surface area contributed by atoms with Crippen LogP contribution in [0.15, 0.2) is 12.1 Å². The van der Waals surface area contributed by atoms with Crippen LogP contribution in [-0.2, 0) is 6.42 Å². The van der Waals surface area contributed by atoms with Gasteiger partial charge in [-0.05, 0) is 37.0 Å². The summed E-state index contributed by atoms with van der Waals surface area (Å²) in [6.07, 6.45) is 4.23. The van der Waals surface area contributed by atoms with Crippen LogP contribution in [0.3, 0.4) is 0 Å². The molecule has 0 bridgehead atoms. The lowest BCUT2D eigenvalue weighted by atomic mass is 9.96. The maximum absolute atomic E-state index is 12.0. The Hall–Kier alpha value is -1.51. The molecular weight excluding hydrogens is 216 g/mol. The molecule has 1 spiro atoms. The second kappa shape index (κ2) is 3.49. The summed E-state index contributed by atoms with van der Waals surface area (Å²) in [5.74, 6) is 0.679. The number of hydrogen-bond donors (Lipinski definition) is 1. The van der Waals surface area contributed by atoms with Gasteiger partial charge in [-0.15, -0.1) is 0 Å². The van der Waals surface area contributed by atoms with Gasteiger partial charge in [-0.1, -0.05) is 13.3 Å². The molecule has 1 aromatic rings. The van der Waals surface area contributed by atoms with Crippen molar-refractivity contribution in [2.75, 3.05) is 0 Å². The Morgan fingerprint density at radius 3 is 2.82 bits per heavy atom. The Bertz CT molecular complexity index is 486. The number of carbonyl (C=O) groups excluding carboxylic acids is 1. The van der Waals surface area contributed by atoms with Gasteiger partial charge in [0.1, 0.15) is 22.7 Å². The molecule has 1 heterocycles. The molecule has 3 heteroatoms. The molecule has 1 aliphatic heterocycles. The second-order valence-electron chi connectivity index (χ2n) is 5.12. The third-order valence-corrected chi connectivity index (χ3v) is 3.58. The first-order chi connectivity index (χ1) is 8.13. The average Bonchev–Trinajstić information content (AvgIpc) is 2.96. The van der Waals surface area contributed by atoms with E-state index in [-0.39, 0.29) is 17.1 Å². The number of phenolic OH excluding ortho intramolecular Hbond substituents is 1. The molecule has 1 aliphatic carbocycles. The lowest BCUT2D eigenvalue weighted by Gasteiger charge is -2.26. The molecule has 1 N–H and O–H groups in total. The smallest absolute Gasteiger partial charge is 0.174 e. The highest BCUT2D eigenvalue weighted by Gasteiger charge is 2.51. The summed E-state index contributed by atoms with van der Waals surface area (Å²) in [6.45, 7) is 2.09. The van der Waals surface area contributed by atoms with Gasteiger partial charge in [0.25, 0.3) is 0 Å². The van der Waals surface area contributed by atoms with E-state index in [9.17, 15) is 9.90 Å². The van der Waals surface area contributed by atoms with Crippen LogP contribution in [0.4, 0.5) is 0 Å². The van der Waals surface area contributed by atoms with E-state index in [2.05, 4.69) is 6.92 Å². The van der Waals surface area contributed by atoms with Crippen molar-refractivity contribution in [3.8, 4) is 11.5 Å². The molecule has 3 nitrogen and oxygen atoms in total. The minimum absolute atomic E-state index is 0.0179. The van der Waals surface area contributed by atoms with Crippen LogP contribution in [-0.4, -0.2) is 16.5 Å². The first-order valence-electron chi connectivity index (χ1n) is 6.22. The summed E-state index contributed by atoms with van der Waals surface area (Å²) in [5.41, 5.74) is 1.18. The molecule has 3 rings (SSSR count). The first-order valence-corrected chi connectivity index (χ1v) is 6.22. The number of aromatic hydroxyl groups is 1. The first kappa shape index (κ1) is 10.6. The molecule has 0 aromatic heterocycles. The molecule has 0 atom stereocenters. The van der Waals surface area contributed by atoms with Gasteiger partial charge in [0, 0.05) is 0 Å². The Balaban J connectivity index is 2.05. The van der Waals surface area contributed by atoms with Crippen LogP contribution >= 0.6 is 0 Å². The average molecular weight is 232 g/mol. The van der Waals surface area contributed by atoms with Crippen LogP contribution in [0, 0.1) is 0 Å². The molecule has 0 radical (unpaired) electrons. The lowest BCUT2D eigenvalue weighted by Crippen LogP contribution is -2.28. The zero-order valence-electron chi connectivity index (χ0n) is 9.95. The molecule has 2 aliphatic rings. The molecule has 90 valence electrons. The number of ether oxygens (including phenoxy) is 1. The quantitative estimate of drug-likeness (QED) is 0.852. The number of phenols is 1. The van der Waals surface area contributed by atoms with Crippen LogP contribution in [0.1, 0.15) is 48.5 Å². The normalized spacial score (nSPS) is 19.9. The summed E-state index contributed by atoms with van der Waals surface area (Å²) < 4.78 is 5.89. The molecule has 1 saturated carbocycles. The van der Waals surface area contributed by atoms with Crippen molar-refractivity contribution in [2.45, 2.75) is 44.6 Å². The second-order valence-corrected chi connectivity index (χ2v) is 5.12. The number of aryl methyl sites for hydroxylation is 1. The topological polar surface area (TPSA) is 46.5 Å². The van der Waals surface area contributed by atoms with Gasteiger partial charge in [-0.3, -0.25) is 4.79 Å². The zero-order chi connectivity index (χ0) is 12.0. The Morgan fingerprint density at radius 1 is 1.41 bits per heavy atom. The minimum Gasteiger partial charge on any atom is -0.507 e. The number of fused-ring (bicyclic) bond motifs is 1. The predicted octanol–water partition coefficient (Wildman–Crippen LogP) is 2.84. The number of benzene rings is 1. The van der Waals surface area contributed by atoms with Crippen LogP contribution in [0.5, 0.6) is 11.5 Å². The molecule has 1 aromatic carbocycles. The third-order valence-electron chi connectivity index (χ3n) is 3.58. The van der Waals surface area contributed by atoms with Gasteiger partial charge >= 0.3 is 0 Å². The van der Waals surface area contributed by atoms with E-state index in [1.165, 1.54) is 0 Å². The molecule has 0 unspecified atom stereocenters. The number of Topliss-reactive ketones (excluding diaryl/α,β-unsaturated/α-hetero) is 1. The molecule has 17 heavy (non-hydrogen) atoms. The van der Waals surface area contributed by atoms with Gasteiger partial charge in [0.15, 0.2) is 5.78 Å². The van der Waals surface area contributed by atoms with Crippen LogP contribution in [0.2, 0.25) is 0 Å². The van der Waals surface area contributed by atoms with E-state index in [4.69, 9.17) is 4.74 Å². The van der Waals surface area contributed by atoms with Gasteiger partial charge in [0.2, 0.25) is 0 Å². The van der Waals surface area contributed by atoms with Crippen LogP contribution in [0.25, 0.3) is 0 Å². The fourth-order valence-electron chi connectivity index (χ4n) is 2.52. The standard InChI is InChI=1S/C14H16O3/c1-2-3-9-6-10(15)13-11(16)8-14(4-5-14)17-12(13)7-9/h6-7,15H,2-5,8H2,1H3. The van der Waals surface area contributed by atoms with E-state index in [0.29, 0.717) is 17.7 Å². The predicted molar refractivity (Wildman–Crippen MR) is 63.6 cm³/mol. The van der Waals surface area contributed by atoms with Gasteiger partial charge in [0.05, 0.1) is 6.42 Å². The molecule has 0 saturated heterocycles. The van der Waals surface area contributed by atoms with Crippen molar-refractivity contribution in [3.63, 3.8) is 0 Å². The van der Waals surface area contributed by atoms with Crippen molar-refractivity contribution in [1.82, 2.24) is 0 Å². The summed E-state index contributed by atoms with van der Waals surface area (Å²) >= 11 is 0. The van der Waals surface area contributed by atoms with Gasteiger partial charge in [-0.2, -0.15) is 0 Å². The summed E-state index contributed by atoms with van der Waals surface area (Å²) in [7, 11) is 0. The number of ketones is 1. The van der Waals surface area contributed by atoms with Gasteiger partial charge < -0.3 is 9.84 Å². The van der Waals surface area contributed by atoms with E-state index in [1.807, 2.05) is 6.07 Å². The highest BCUT2D eigenvalue weighted by Crippen LogP contribution is 2.50. The van der Waals surface area contributed by atoms with E-state index in [0.717, 1.165) is 31.2 Å². The zero-order valence-corrected chi connectivity index (χ0v) is 9.95. The number of hydrogen-bond acceptors (Lipinski definition) is 3. The highest BCUT2D eigenvalue weighted by atomic mass is 16.5. The fourth-order valence-corrected chi connectivity index (χ4v) is 2.52. The monoisotopic (exact) mass is 232 g/mol. The van der Waals surface area contributed by atoms with E-state index in [1.54, 1.807) is 6.07 Å². The fraction of sp³-hybridized carbons (Fsp3) is 0.500. The Kier molecular flexibility index (Phi) is 2.18. The lowest BCUT2D eigenvalue weighted by molar-refractivity contribution is 0.0807. The van der Waals surface area contributed by atoms with Crippen molar-refractivity contribution < 1.29 is 14.6 Å². The minimum atomic E-state index is -0.235. The maximum atomic E-state index is 12.0. The third kappa shape index (κ3) is 1.70. The van der Waals surface area contributed by atoms with Crippen molar-refractivity contribution in [1.29, 1.82) is 0 Å².